The van der Waals surface area contributed by atoms with E-state index in [0.717, 1.165) is 5.69 Å². The summed E-state index contributed by atoms with van der Waals surface area (Å²) < 4.78 is 1.55. The molecule has 0 atom stereocenters. The molecule has 0 aliphatic rings. The molecule has 0 aliphatic carbocycles. The summed E-state index contributed by atoms with van der Waals surface area (Å²) in [6.07, 6.45) is 0. The van der Waals surface area contributed by atoms with Crippen LogP contribution in [0.2, 0.25) is 10.0 Å². The van der Waals surface area contributed by atoms with Crippen molar-refractivity contribution < 1.29 is 9.90 Å². The van der Waals surface area contributed by atoms with Crippen molar-refractivity contribution in [1.29, 1.82) is 0 Å². The first kappa shape index (κ1) is 14.6. The molecule has 4 nitrogen and oxygen atoms in total. The van der Waals surface area contributed by atoms with Crippen LogP contribution in [0.4, 0.5) is 0 Å². The number of rotatable bonds is 3. The van der Waals surface area contributed by atoms with Gasteiger partial charge in [0, 0.05) is 10.6 Å². The monoisotopic (exact) mass is 332 g/mol. The van der Waals surface area contributed by atoms with E-state index in [4.69, 9.17) is 23.2 Å². The van der Waals surface area contributed by atoms with Crippen molar-refractivity contribution in [3.05, 3.63) is 70.3 Å². The zero-order chi connectivity index (χ0) is 15.7. The molecule has 0 amide bonds. The highest BCUT2D eigenvalue weighted by atomic mass is 35.5. The average Bonchev–Trinajstić information content (AvgIpc) is 2.93. The first-order valence-electron chi connectivity index (χ1n) is 6.40. The van der Waals surface area contributed by atoms with E-state index in [-0.39, 0.29) is 5.69 Å². The fraction of sp³-hybridized carbons (Fsp3) is 0. The molecule has 0 bridgehead atoms. The van der Waals surface area contributed by atoms with Crippen molar-refractivity contribution in [3.63, 3.8) is 0 Å². The smallest absolute Gasteiger partial charge is 0.356 e. The maximum Gasteiger partial charge on any atom is 0.356 e. The van der Waals surface area contributed by atoms with Crippen LogP contribution in [0.1, 0.15) is 10.5 Å². The molecule has 22 heavy (non-hydrogen) atoms. The van der Waals surface area contributed by atoms with Gasteiger partial charge in [-0.1, -0.05) is 41.4 Å². The number of carboxylic acids is 1. The molecule has 0 saturated carbocycles. The summed E-state index contributed by atoms with van der Waals surface area (Å²) >= 11 is 12.2. The normalized spacial score (nSPS) is 10.6. The van der Waals surface area contributed by atoms with Crippen LogP contribution in [-0.2, 0) is 0 Å². The molecule has 3 aromatic rings. The van der Waals surface area contributed by atoms with E-state index >= 15 is 0 Å². The highest BCUT2D eigenvalue weighted by Gasteiger charge is 2.17. The topological polar surface area (TPSA) is 55.1 Å². The van der Waals surface area contributed by atoms with Gasteiger partial charge in [0.25, 0.3) is 0 Å². The molecule has 0 aliphatic heterocycles. The Morgan fingerprint density at radius 2 is 1.77 bits per heavy atom. The van der Waals surface area contributed by atoms with E-state index in [1.807, 2.05) is 30.3 Å². The first-order chi connectivity index (χ1) is 10.6. The molecule has 0 radical (unpaired) electrons. The largest absolute Gasteiger partial charge is 0.476 e. The molecular formula is C16H10Cl2N2O2. The predicted molar refractivity (Wildman–Crippen MR) is 86.0 cm³/mol. The van der Waals surface area contributed by atoms with Crippen LogP contribution in [-0.4, -0.2) is 20.9 Å². The Labute approximate surface area is 136 Å². The number of carboxylic acid groups (broad SMARTS) is 1. The maximum atomic E-state index is 11.2. The lowest BCUT2D eigenvalue weighted by Gasteiger charge is -2.09. The fourth-order valence-electron chi connectivity index (χ4n) is 2.14. The molecule has 110 valence electrons. The third-order valence-electron chi connectivity index (χ3n) is 3.14. The maximum absolute atomic E-state index is 11.2. The Balaban J connectivity index is 2.24. The lowest BCUT2D eigenvalue weighted by Crippen LogP contribution is -2.02. The van der Waals surface area contributed by atoms with Crippen molar-refractivity contribution in [2.75, 3.05) is 0 Å². The summed E-state index contributed by atoms with van der Waals surface area (Å²) in [6.45, 7) is 0. The fourth-order valence-corrected chi connectivity index (χ4v) is 2.65. The number of aromatic nitrogens is 2. The van der Waals surface area contributed by atoms with Crippen LogP contribution < -0.4 is 0 Å². The first-order valence-corrected chi connectivity index (χ1v) is 7.16. The van der Waals surface area contributed by atoms with Gasteiger partial charge in [-0.2, -0.15) is 5.10 Å². The van der Waals surface area contributed by atoms with Crippen molar-refractivity contribution in [3.8, 4) is 16.9 Å². The van der Waals surface area contributed by atoms with Crippen molar-refractivity contribution in [2.24, 2.45) is 0 Å². The second-order valence-corrected chi connectivity index (χ2v) is 5.44. The molecule has 1 heterocycles. The Hall–Kier alpha value is -2.30. The summed E-state index contributed by atoms with van der Waals surface area (Å²) in [5.74, 6) is -1.10. The highest BCUT2D eigenvalue weighted by molar-refractivity contribution is 6.36. The molecule has 1 N–H and O–H groups in total. The van der Waals surface area contributed by atoms with E-state index in [1.165, 1.54) is 6.07 Å². The average molecular weight is 333 g/mol. The minimum atomic E-state index is -1.10. The number of benzene rings is 2. The summed E-state index contributed by atoms with van der Waals surface area (Å²) in [4.78, 5) is 11.2. The van der Waals surface area contributed by atoms with Crippen LogP contribution in [0.25, 0.3) is 16.9 Å². The van der Waals surface area contributed by atoms with E-state index < -0.39 is 5.97 Å². The number of para-hydroxylation sites is 1. The standard InChI is InChI=1S/C16H10Cl2N2O2/c17-10-6-7-12(13(18)8-10)15-9-14(16(21)22)19-20(15)11-4-2-1-3-5-11/h1-9H,(H,21,22). The number of hydrogen-bond acceptors (Lipinski definition) is 2. The van der Waals surface area contributed by atoms with E-state index in [0.29, 0.717) is 21.3 Å². The van der Waals surface area contributed by atoms with Gasteiger partial charge in [0.2, 0.25) is 0 Å². The van der Waals surface area contributed by atoms with Gasteiger partial charge in [-0.25, -0.2) is 9.48 Å². The van der Waals surface area contributed by atoms with Gasteiger partial charge >= 0.3 is 5.97 Å². The van der Waals surface area contributed by atoms with Crippen molar-refractivity contribution in [1.82, 2.24) is 9.78 Å². The van der Waals surface area contributed by atoms with Crippen LogP contribution in [0, 0.1) is 0 Å². The SMILES string of the molecule is O=C(O)c1cc(-c2ccc(Cl)cc2Cl)n(-c2ccccc2)n1. The van der Waals surface area contributed by atoms with Gasteiger partial charge < -0.3 is 5.11 Å². The zero-order valence-electron chi connectivity index (χ0n) is 11.2. The second-order valence-electron chi connectivity index (χ2n) is 4.59. The molecule has 1 aromatic heterocycles. The Morgan fingerprint density at radius 1 is 1.05 bits per heavy atom. The minimum absolute atomic E-state index is 0.0510. The highest BCUT2D eigenvalue weighted by Crippen LogP contribution is 2.32. The molecule has 0 spiro atoms. The molecule has 0 fully saturated rings. The Kier molecular flexibility index (Phi) is 3.88. The molecule has 3 rings (SSSR count). The lowest BCUT2D eigenvalue weighted by molar-refractivity contribution is 0.0690. The van der Waals surface area contributed by atoms with Gasteiger partial charge in [0.05, 0.1) is 16.4 Å². The number of nitrogens with zero attached hydrogens (tertiary/aromatic N) is 2. The van der Waals surface area contributed by atoms with Gasteiger partial charge in [-0.05, 0) is 36.4 Å². The number of halogens is 2. The molecule has 2 aromatic carbocycles. The number of aromatic carboxylic acids is 1. The number of hydrogen-bond donors (Lipinski definition) is 1. The Bertz CT molecular complexity index is 845. The Morgan fingerprint density at radius 3 is 2.41 bits per heavy atom. The van der Waals surface area contributed by atoms with Gasteiger partial charge in [0.15, 0.2) is 5.69 Å². The van der Waals surface area contributed by atoms with E-state index in [9.17, 15) is 9.90 Å². The summed E-state index contributed by atoms with van der Waals surface area (Å²) in [5, 5.41) is 14.3. The molecule has 6 heteroatoms. The quantitative estimate of drug-likeness (QED) is 0.765. The third kappa shape index (κ3) is 2.71. The van der Waals surface area contributed by atoms with E-state index in [1.54, 1.807) is 22.9 Å². The second kappa shape index (κ2) is 5.83. The van der Waals surface area contributed by atoms with Gasteiger partial charge in [0.1, 0.15) is 0 Å². The minimum Gasteiger partial charge on any atom is -0.476 e. The van der Waals surface area contributed by atoms with E-state index in [2.05, 4.69) is 5.10 Å². The van der Waals surface area contributed by atoms with Crippen molar-refractivity contribution >= 4 is 29.2 Å². The van der Waals surface area contributed by atoms with Gasteiger partial charge in [-0.3, -0.25) is 0 Å². The third-order valence-corrected chi connectivity index (χ3v) is 3.68. The molecular weight excluding hydrogens is 323 g/mol. The summed E-state index contributed by atoms with van der Waals surface area (Å²) in [5.41, 5.74) is 1.95. The molecule has 0 unspecified atom stereocenters. The van der Waals surface area contributed by atoms with Crippen LogP contribution in [0.15, 0.2) is 54.6 Å². The van der Waals surface area contributed by atoms with Gasteiger partial charge in [-0.15, -0.1) is 0 Å². The number of carbonyl (C=O) groups is 1. The van der Waals surface area contributed by atoms with Crippen LogP contribution >= 0.6 is 23.2 Å². The summed E-state index contributed by atoms with van der Waals surface area (Å²) in [6, 6.07) is 15.8. The van der Waals surface area contributed by atoms with Crippen molar-refractivity contribution in [2.45, 2.75) is 0 Å². The zero-order valence-corrected chi connectivity index (χ0v) is 12.7. The van der Waals surface area contributed by atoms with Crippen LogP contribution in [0.5, 0.6) is 0 Å². The molecule has 0 saturated heterocycles. The summed E-state index contributed by atoms with van der Waals surface area (Å²) in [7, 11) is 0. The lowest BCUT2D eigenvalue weighted by atomic mass is 10.1. The predicted octanol–water partition coefficient (Wildman–Crippen LogP) is 4.54. The van der Waals surface area contributed by atoms with Crippen LogP contribution in [0.3, 0.4) is 0 Å².